The minimum atomic E-state index is -4.48. The Morgan fingerprint density at radius 3 is 2.67 bits per heavy atom. The number of nitrogens with one attached hydrogen (secondary N) is 1. The number of fused-ring (bicyclic) bond motifs is 1. The lowest BCUT2D eigenvalue weighted by Crippen LogP contribution is -2.27. The quantitative estimate of drug-likeness (QED) is 0.776. The van der Waals surface area contributed by atoms with Gasteiger partial charge in [0.2, 0.25) is 5.91 Å². The van der Waals surface area contributed by atoms with Crippen molar-refractivity contribution in [1.82, 2.24) is 0 Å². The van der Waals surface area contributed by atoms with Gasteiger partial charge < -0.3 is 10.2 Å². The third-order valence-corrected chi connectivity index (χ3v) is 3.00. The van der Waals surface area contributed by atoms with Gasteiger partial charge in [-0.3, -0.25) is 4.79 Å². The van der Waals surface area contributed by atoms with Gasteiger partial charge in [0.05, 0.1) is 22.9 Å². The van der Waals surface area contributed by atoms with Crippen molar-refractivity contribution < 1.29 is 18.0 Å². The highest BCUT2D eigenvalue weighted by molar-refractivity contribution is 5.98. The first-order valence-corrected chi connectivity index (χ1v) is 5.53. The number of para-hydroxylation sites is 1. The predicted molar refractivity (Wildman–Crippen MR) is 62.5 cm³/mol. The number of carbonyl (C=O) groups excluding carboxylic acids is 1. The highest BCUT2D eigenvalue weighted by atomic mass is 19.4. The van der Waals surface area contributed by atoms with E-state index < -0.39 is 17.6 Å². The van der Waals surface area contributed by atoms with Crippen LogP contribution in [-0.2, 0) is 11.0 Å². The molecule has 1 aliphatic rings. The third-order valence-electron chi connectivity index (χ3n) is 3.00. The summed E-state index contributed by atoms with van der Waals surface area (Å²) in [6.07, 6.45) is -4.48. The van der Waals surface area contributed by atoms with E-state index in [1.54, 1.807) is 24.9 Å². The summed E-state index contributed by atoms with van der Waals surface area (Å²) >= 11 is 0. The molecule has 0 saturated carbocycles. The molecule has 1 aliphatic heterocycles. The highest BCUT2D eigenvalue weighted by Gasteiger charge is 2.37. The van der Waals surface area contributed by atoms with Crippen LogP contribution in [0.4, 0.5) is 24.5 Å². The zero-order valence-electron chi connectivity index (χ0n) is 10.0. The van der Waals surface area contributed by atoms with Gasteiger partial charge in [-0.2, -0.15) is 13.2 Å². The number of anilines is 2. The average Bonchev–Trinajstić information content (AvgIpc) is 2.36. The summed E-state index contributed by atoms with van der Waals surface area (Å²) in [6.45, 7) is 2.07. The van der Waals surface area contributed by atoms with E-state index in [0.717, 1.165) is 6.07 Å². The number of halogens is 3. The first-order chi connectivity index (χ1) is 8.30. The van der Waals surface area contributed by atoms with E-state index in [2.05, 4.69) is 5.32 Å². The molecule has 2 rings (SSSR count). The maximum atomic E-state index is 12.9. The SMILES string of the molecule is CC1CN(C)c2cccc(C(F)(F)F)c2NC1=O. The van der Waals surface area contributed by atoms with Crippen LogP contribution in [0.25, 0.3) is 0 Å². The lowest BCUT2D eigenvalue weighted by atomic mass is 10.1. The predicted octanol–water partition coefficient (Wildman–Crippen LogP) is 2.73. The molecule has 1 unspecified atom stereocenters. The summed E-state index contributed by atoms with van der Waals surface area (Å²) in [7, 11) is 1.68. The third kappa shape index (κ3) is 2.14. The molecule has 0 spiro atoms. The van der Waals surface area contributed by atoms with E-state index in [4.69, 9.17) is 0 Å². The number of hydrogen-bond acceptors (Lipinski definition) is 2. The van der Waals surface area contributed by atoms with Gasteiger partial charge in [0.15, 0.2) is 0 Å². The van der Waals surface area contributed by atoms with Crippen molar-refractivity contribution in [2.75, 3.05) is 23.8 Å². The van der Waals surface area contributed by atoms with Crippen LogP contribution in [0.1, 0.15) is 12.5 Å². The Bertz CT molecular complexity index is 485. The fourth-order valence-electron chi connectivity index (χ4n) is 2.06. The number of carbonyl (C=O) groups is 1. The molecular formula is C12H13F3N2O. The summed E-state index contributed by atoms with van der Waals surface area (Å²) < 4.78 is 38.7. The van der Waals surface area contributed by atoms with E-state index >= 15 is 0 Å². The summed E-state index contributed by atoms with van der Waals surface area (Å²) in [5.41, 5.74) is -0.571. The monoisotopic (exact) mass is 258 g/mol. The van der Waals surface area contributed by atoms with Gasteiger partial charge in [0.25, 0.3) is 0 Å². The molecule has 0 radical (unpaired) electrons. The van der Waals surface area contributed by atoms with E-state index in [1.165, 1.54) is 6.07 Å². The minimum absolute atomic E-state index is 0.151. The van der Waals surface area contributed by atoms with Gasteiger partial charge in [-0.15, -0.1) is 0 Å². The Balaban J connectivity index is 2.58. The van der Waals surface area contributed by atoms with Crippen molar-refractivity contribution in [1.29, 1.82) is 0 Å². The molecule has 0 aromatic heterocycles. The molecule has 98 valence electrons. The first-order valence-electron chi connectivity index (χ1n) is 5.53. The number of hydrogen-bond donors (Lipinski definition) is 1. The van der Waals surface area contributed by atoms with Crippen LogP contribution in [0.15, 0.2) is 18.2 Å². The molecule has 1 heterocycles. The molecular weight excluding hydrogens is 245 g/mol. The van der Waals surface area contributed by atoms with Gasteiger partial charge in [0.1, 0.15) is 0 Å². The number of amides is 1. The van der Waals surface area contributed by atoms with Crippen molar-refractivity contribution in [3.8, 4) is 0 Å². The lowest BCUT2D eigenvalue weighted by molar-refractivity contribution is -0.136. The highest BCUT2D eigenvalue weighted by Crippen LogP contribution is 2.41. The second-order valence-electron chi connectivity index (χ2n) is 4.47. The molecule has 0 bridgehead atoms. The summed E-state index contributed by atoms with van der Waals surface area (Å²) in [4.78, 5) is 13.4. The molecule has 18 heavy (non-hydrogen) atoms. The molecule has 1 aromatic carbocycles. The first kappa shape index (κ1) is 12.7. The van der Waals surface area contributed by atoms with E-state index in [9.17, 15) is 18.0 Å². The van der Waals surface area contributed by atoms with Crippen molar-refractivity contribution in [2.45, 2.75) is 13.1 Å². The Kier molecular flexibility index (Phi) is 2.96. The van der Waals surface area contributed by atoms with Crippen molar-refractivity contribution in [3.05, 3.63) is 23.8 Å². The Labute approximate surface area is 103 Å². The normalized spacial score (nSPS) is 20.2. The fraction of sp³-hybridized carbons (Fsp3) is 0.417. The largest absolute Gasteiger partial charge is 0.418 e. The van der Waals surface area contributed by atoms with Gasteiger partial charge in [0, 0.05) is 13.6 Å². The van der Waals surface area contributed by atoms with Gasteiger partial charge in [-0.1, -0.05) is 13.0 Å². The second-order valence-corrected chi connectivity index (χ2v) is 4.47. The second kappa shape index (κ2) is 4.19. The van der Waals surface area contributed by atoms with Crippen molar-refractivity contribution in [2.24, 2.45) is 5.92 Å². The van der Waals surface area contributed by atoms with Crippen molar-refractivity contribution in [3.63, 3.8) is 0 Å². The molecule has 6 heteroatoms. The molecule has 1 N–H and O–H groups in total. The van der Waals surface area contributed by atoms with Gasteiger partial charge in [-0.05, 0) is 12.1 Å². The maximum Gasteiger partial charge on any atom is 0.418 e. The van der Waals surface area contributed by atoms with E-state index in [1.807, 2.05) is 0 Å². The van der Waals surface area contributed by atoms with Crippen LogP contribution >= 0.6 is 0 Å². The summed E-state index contributed by atoms with van der Waals surface area (Å²) in [5, 5.41) is 2.38. The minimum Gasteiger partial charge on any atom is -0.372 e. The van der Waals surface area contributed by atoms with E-state index in [-0.39, 0.29) is 11.6 Å². The fourth-order valence-corrected chi connectivity index (χ4v) is 2.06. The molecule has 0 saturated heterocycles. The molecule has 1 aromatic rings. The van der Waals surface area contributed by atoms with Crippen LogP contribution in [0, 0.1) is 5.92 Å². The average molecular weight is 258 g/mol. The zero-order valence-corrected chi connectivity index (χ0v) is 10.0. The Hall–Kier alpha value is -1.72. The molecule has 1 amide bonds. The maximum absolute atomic E-state index is 12.9. The number of rotatable bonds is 0. The smallest absolute Gasteiger partial charge is 0.372 e. The van der Waals surface area contributed by atoms with Crippen molar-refractivity contribution >= 4 is 17.3 Å². The van der Waals surface area contributed by atoms with Crippen LogP contribution < -0.4 is 10.2 Å². The van der Waals surface area contributed by atoms with Gasteiger partial charge in [-0.25, -0.2) is 0 Å². The lowest BCUT2D eigenvalue weighted by Gasteiger charge is -2.21. The molecule has 1 atom stereocenters. The van der Waals surface area contributed by atoms with Gasteiger partial charge >= 0.3 is 6.18 Å². The molecule has 0 aliphatic carbocycles. The molecule has 3 nitrogen and oxygen atoms in total. The zero-order chi connectivity index (χ0) is 13.5. The Morgan fingerprint density at radius 2 is 2.06 bits per heavy atom. The van der Waals surface area contributed by atoms with Crippen LogP contribution in [0.2, 0.25) is 0 Å². The topological polar surface area (TPSA) is 32.3 Å². The standard InChI is InChI=1S/C12H13F3N2O/c1-7-6-17(2)9-5-3-4-8(12(13,14)15)10(9)16-11(7)18/h3-5,7H,6H2,1-2H3,(H,16,18). The number of nitrogens with zero attached hydrogens (tertiary/aromatic N) is 1. The van der Waals surface area contributed by atoms with Crippen LogP contribution in [-0.4, -0.2) is 19.5 Å². The number of benzene rings is 1. The summed E-state index contributed by atoms with van der Waals surface area (Å²) in [5.74, 6) is -0.749. The van der Waals surface area contributed by atoms with E-state index in [0.29, 0.717) is 12.2 Å². The Morgan fingerprint density at radius 1 is 1.39 bits per heavy atom. The van der Waals surface area contributed by atoms with Crippen LogP contribution in [0.3, 0.4) is 0 Å². The van der Waals surface area contributed by atoms with Crippen LogP contribution in [0.5, 0.6) is 0 Å². The number of alkyl halides is 3. The summed E-state index contributed by atoms with van der Waals surface area (Å²) in [6, 6.07) is 3.89. The molecule has 0 fully saturated rings.